The molecule has 0 aromatic carbocycles. The number of rotatable bonds is 0. The van der Waals surface area contributed by atoms with Gasteiger partial charge in [0, 0.05) is 12.4 Å². The highest BCUT2D eigenvalue weighted by Gasteiger charge is 1.73. The quantitative estimate of drug-likeness (QED) is 0.538. The van der Waals surface area contributed by atoms with E-state index in [0.29, 0.717) is 0 Å². The lowest BCUT2D eigenvalue weighted by atomic mass is 10.8. The molecule has 0 saturated carbocycles. The number of nitrogens with one attached hydrogen (secondary N) is 1. The van der Waals surface area contributed by atoms with Gasteiger partial charge in [0.05, 0.1) is 0 Å². The van der Waals surface area contributed by atoms with Crippen LogP contribution in [0.1, 0.15) is 12.7 Å². The lowest BCUT2D eigenvalue weighted by Crippen LogP contribution is -1.87. The van der Waals surface area contributed by atoms with Crippen molar-refractivity contribution in [3.63, 3.8) is 0 Å². The van der Waals surface area contributed by atoms with Gasteiger partial charge in [-0.25, -0.2) is 4.98 Å². The van der Waals surface area contributed by atoms with Crippen LogP contribution in [0.15, 0.2) is 12.4 Å². The third-order valence-corrected chi connectivity index (χ3v) is 0.635. The fraction of sp³-hybridized carbons (Fsp3) is 0.500. The van der Waals surface area contributed by atoms with E-state index in [1.54, 1.807) is 12.4 Å². The van der Waals surface area contributed by atoms with E-state index in [1.807, 2.05) is 13.8 Å². The molecule has 0 amide bonds. The summed E-state index contributed by atoms with van der Waals surface area (Å²) in [7, 11) is 0. The molecule has 3 nitrogen and oxygen atoms in total. The molecule has 52 valence electrons. The van der Waals surface area contributed by atoms with Crippen molar-refractivity contribution in [2.45, 2.75) is 13.8 Å². The Hall–Kier alpha value is -0.830. The number of aromatic amines is 1. The van der Waals surface area contributed by atoms with Gasteiger partial charge < -0.3 is 10.7 Å². The Labute approximate surface area is 55.3 Å². The van der Waals surface area contributed by atoms with Gasteiger partial charge in [-0.3, -0.25) is 0 Å². The molecule has 1 heterocycles. The van der Waals surface area contributed by atoms with Gasteiger partial charge in [0.15, 0.2) is 0 Å². The number of nitrogens with two attached hydrogens (primary N) is 1. The van der Waals surface area contributed by atoms with Crippen LogP contribution in [0.3, 0.4) is 0 Å². The number of aromatic nitrogens is 2. The van der Waals surface area contributed by atoms with Gasteiger partial charge in [0.25, 0.3) is 0 Å². The lowest BCUT2D eigenvalue weighted by Gasteiger charge is -1.68. The SMILES string of the molecule is CCN.Cc1ncc[nH]1. The fourth-order valence-corrected chi connectivity index (χ4v) is 0.344. The van der Waals surface area contributed by atoms with E-state index in [0.717, 1.165) is 12.4 Å². The van der Waals surface area contributed by atoms with Crippen LogP contribution in [0.2, 0.25) is 0 Å². The van der Waals surface area contributed by atoms with E-state index in [1.165, 1.54) is 0 Å². The Morgan fingerprint density at radius 1 is 1.78 bits per heavy atom. The molecule has 0 aliphatic rings. The highest BCUT2D eigenvalue weighted by atomic mass is 14.9. The van der Waals surface area contributed by atoms with Crippen molar-refractivity contribution in [2.24, 2.45) is 5.73 Å². The average molecular weight is 127 g/mol. The highest BCUT2D eigenvalue weighted by molar-refractivity contribution is 4.80. The molecular formula is C6H13N3. The van der Waals surface area contributed by atoms with E-state index in [4.69, 9.17) is 5.73 Å². The first kappa shape index (κ1) is 8.17. The third kappa shape index (κ3) is 5.03. The second kappa shape index (κ2) is 5.31. The first-order valence-corrected chi connectivity index (χ1v) is 2.97. The maximum atomic E-state index is 4.85. The van der Waals surface area contributed by atoms with Crippen molar-refractivity contribution in [3.8, 4) is 0 Å². The van der Waals surface area contributed by atoms with E-state index in [2.05, 4.69) is 9.97 Å². The molecule has 3 heteroatoms. The molecule has 0 saturated heterocycles. The Morgan fingerprint density at radius 3 is 2.44 bits per heavy atom. The minimum absolute atomic E-state index is 0.750. The second-order valence-electron chi connectivity index (χ2n) is 1.58. The first-order chi connectivity index (χ1) is 4.31. The minimum atomic E-state index is 0.750. The number of aryl methyl sites for hydroxylation is 1. The van der Waals surface area contributed by atoms with E-state index in [9.17, 15) is 0 Å². The summed E-state index contributed by atoms with van der Waals surface area (Å²) >= 11 is 0. The maximum Gasteiger partial charge on any atom is 0.102 e. The predicted octanol–water partition coefficient (Wildman–Crippen LogP) is 0.683. The van der Waals surface area contributed by atoms with Crippen LogP contribution in [0.4, 0.5) is 0 Å². The molecule has 0 bridgehead atoms. The van der Waals surface area contributed by atoms with Crippen molar-refractivity contribution in [2.75, 3.05) is 6.54 Å². The van der Waals surface area contributed by atoms with Crippen LogP contribution in [0.25, 0.3) is 0 Å². The molecule has 1 aromatic heterocycles. The molecule has 0 aliphatic carbocycles. The molecule has 0 spiro atoms. The number of nitrogens with zero attached hydrogens (tertiary/aromatic N) is 1. The predicted molar refractivity (Wildman–Crippen MR) is 38.1 cm³/mol. The van der Waals surface area contributed by atoms with Gasteiger partial charge in [-0.15, -0.1) is 0 Å². The summed E-state index contributed by atoms with van der Waals surface area (Å²) in [5.41, 5.74) is 4.85. The zero-order valence-electron chi connectivity index (χ0n) is 5.89. The summed E-state index contributed by atoms with van der Waals surface area (Å²) in [6.45, 7) is 4.57. The van der Waals surface area contributed by atoms with Gasteiger partial charge in [0.1, 0.15) is 5.82 Å². The Morgan fingerprint density at radius 2 is 2.33 bits per heavy atom. The van der Waals surface area contributed by atoms with Crippen LogP contribution in [-0.4, -0.2) is 16.5 Å². The second-order valence-corrected chi connectivity index (χ2v) is 1.58. The largest absolute Gasteiger partial charge is 0.349 e. The molecular weight excluding hydrogens is 114 g/mol. The van der Waals surface area contributed by atoms with Crippen molar-refractivity contribution in [1.82, 2.24) is 9.97 Å². The first-order valence-electron chi connectivity index (χ1n) is 2.97. The number of H-pyrrole nitrogens is 1. The van der Waals surface area contributed by atoms with Crippen LogP contribution in [0, 0.1) is 6.92 Å². The van der Waals surface area contributed by atoms with Crippen molar-refractivity contribution in [1.29, 1.82) is 0 Å². The maximum absolute atomic E-state index is 4.85. The van der Waals surface area contributed by atoms with Crippen molar-refractivity contribution < 1.29 is 0 Å². The van der Waals surface area contributed by atoms with Crippen molar-refractivity contribution >= 4 is 0 Å². The number of hydrogen-bond acceptors (Lipinski definition) is 2. The lowest BCUT2D eigenvalue weighted by molar-refractivity contribution is 1.14. The van der Waals surface area contributed by atoms with Crippen molar-refractivity contribution in [3.05, 3.63) is 18.2 Å². The topological polar surface area (TPSA) is 54.7 Å². The van der Waals surface area contributed by atoms with E-state index >= 15 is 0 Å². The molecule has 1 aromatic rings. The molecule has 0 fully saturated rings. The van der Waals surface area contributed by atoms with Gasteiger partial charge in [-0.05, 0) is 13.5 Å². The Kier molecular flexibility index (Phi) is 4.82. The standard InChI is InChI=1S/C4H6N2.C2H7N/c1-4-5-2-3-6-4;1-2-3/h2-3H,1H3,(H,5,6);2-3H2,1H3. The summed E-state index contributed by atoms with van der Waals surface area (Å²) in [5, 5.41) is 0. The number of imidazole rings is 1. The molecule has 3 N–H and O–H groups in total. The van der Waals surface area contributed by atoms with Crippen LogP contribution in [-0.2, 0) is 0 Å². The average Bonchev–Trinajstić information content (AvgIpc) is 2.20. The van der Waals surface area contributed by atoms with Gasteiger partial charge in [0.2, 0.25) is 0 Å². The molecule has 0 atom stereocenters. The summed E-state index contributed by atoms with van der Waals surface area (Å²) in [4.78, 5) is 6.75. The summed E-state index contributed by atoms with van der Waals surface area (Å²) < 4.78 is 0. The van der Waals surface area contributed by atoms with E-state index < -0.39 is 0 Å². The van der Waals surface area contributed by atoms with Gasteiger partial charge >= 0.3 is 0 Å². The van der Waals surface area contributed by atoms with Gasteiger partial charge in [-0.2, -0.15) is 0 Å². The normalized spacial score (nSPS) is 7.89. The Balaban J connectivity index is 0.000000187. The third-order valence-electron chi connectivity index (χ3n) is 0.635. The number of hydrogen-bond donors (Lipinski definition) is 2. The van der Waals surface area contributed by atoms with Crippen LogP contribution in [0.5, 0.6) is 0 Å². The summed E-state index contributed by atoms with van der Waals surface area (Å²) in [5.74, 6) is 0.968. The minimum Gasteiger partial charge on any atom is -0.349 e. The molecule has 0 radical (unpaired) electrons. The molecule has 1 rings (SSSR count). The van der Waals surface area contributed by atoms with Crippen LogP contribution >= 0.6 is 0 Å². The summed E-state index contributed by atoms with van der Waals surface area (Å²) in [6.07, 6.45) is 3.53. The molecule has 0 unspecified atom stereocenters. The monoisotopic (exact) mass is 127 g/mol. The smallest absolute Gasteiger partial charge is 0.102 e. The molecule has 9 heavy (non-hydrogen) atoms. The fourth-order valence-electron chi connectivity index (χ4n) is 0.344. The van der Waals surface area contributed by atoms with Gasteiger partial charge in [-0.1, -0.05) is 6.92 Å². The summed E-state index contributed by atoms with van der Waals surface area (Å²) in [6, 6.07) is 0. The van der Waals surface area contributed by atoms with E-state index in [-0.39, 0.29) is 0 Å². The molecule has 0 aliphatic heterocycles. The Bertz CT molecular complexity index is 123. The zero-order valence-corrected chi connectivity index (χ0v) is 5.89. The highest BCUT2D eigenvalue weighted by Crippen LogP contribution is 1.78. The van der Waals surface area contributed by atoms with Crippen LogP contribution < -0.4 is 5.73 Å². The zero-order chi connectivity index (χ0) is 7.11.